The lowest BCUT2D eigenvalue weighted by Gasteiger charge is -2.29. The lowest BCUT2D eigenvalue weighted by molar-refractivity contribution is -0.140. The smallest absolute Gasteiger partial charge is 0.242 e. The average molecular weight is 480 g/mol. The van der Waals surface area contributed by atoms with E-state index in [1.165, 1.54) is 16.3 Å². The predicted octanol–water partition coefficient (Wildman–Crippen LogP) is 3.36. The molecule has 2 amide bonds. The molecular weight excluding hydrogens is 450 g/mol. The highest BCUT2D eigenvalue weighted by molar-refractivity contribution is 7.92. The van der Waals surface area contributed by atoms with E-state index < -0.39 is 16.1 Å². The molecule has 1 N–H and O–H groups in total. The van der Waals surface area contributed by atoms with Crippen molar-refractivity contribution in [2.24, 2.45) is 0 Å². The zero-order valence-corrected chi connectivity index (χ0v) is 20.4. The molecule has 0 aliphatic heterocycles. The molecule has 0 aliphatic carbocycles. The number of halogens is 1. The van der Waals surface area contributed by atoms with Crippen LogP contribution < -0.4 is 9.62 Å². The summed E-state index contributed by atoms with van der Waals surface area (Å²) in [4.78, 5) is 26.8. The second-order valence-corrected chi connectivity index (χ2v) is 10.0. The summed E-state index contributed by atoms with van der Waals surface area (Å²) in [6, 6.07) is 13.6. The normalized spacial score (nSPS) is 12.2. The van der Waals surface area contributed by atoms with E-state index in [1.54, 1.807) is 31.2 Å². The quantitative estimate of drug-likeness (QED) is 0.566. The number of likely N-dealkylation sites (N-methyl/N-ethyl adjacent to an activating group) is 1. The van der Waals surface area contributed by atoms with Gasteiger partial charge in [-0.2, -0.15) is 0 Å². The first-order chi connectivity index (χ1) is 15.0. The maximum atomic E-state index is 13.1. The lowest BCUT2D eigenvalue weighted by Crippen LogP contribution is -2.46. The first kappa shape index (κ1) is 25.7. The number of carbonyl (C=O) groups is 2. The van der Waals surface area contributed by atoms with Crippen LogP contribution in [0.3, 0.4) is 0 Å². The van der Waals surface area contributed by atoms with Gasteiger partial charge in [0.25, 0.3) is 0 Å². The molecule has 0 saturated heterocycles. The molecule has 9 heteroatoms. The summed E-state index contributed by atoms with van der Waals surface area (Å²) in [5.41, 5.74) is 2.28. The van der Waals surface area contributed by atoms with Gasteiger partial charge in [-0.3, -0.25) is 13.9 Å². The molecule has 1 atom stereocenters. The number of nitrogens with zero attached hydrogens (tertiary/aromatic N) is 2. The van der Waals surface area contributed by atoms with Gasteiger partial charge in [-0.05, 0) is 49.6 Å². The molecule has 32 heavy (non-hydrogen) atoms. The summed E-state index contributed by atoms with van der Waals surface area (Å²) >= 11 is 5.94. The van der Waals surface area contributed by atoms with Gasteiger partial charge in [0.2, 0.25) is 21.8 Å². The van der Waals surface area contributed by atoms with Crippen LogP contribution in [0.4, 0.5) is 5.69 Å². The van der Waals surface area contributed by atoms with Crippen molar-refractivity contribution < 1.29 is 18.0 Å². The second-order valence-electron chi connectivity index (χ2n) is 7.66. The third-order valence-electron chi connectivity index (χ3n) is 5.22. The topological polar surface area (TPSA) is 86.8 Å². The minimum Gasteiger partial charge on any atom is -0.357 e. The first-order valence-electron chi connectivity index (χ1n) is 10.3. The van der Waals surface area contributed by atoms with Gasteiger partial charge in [0.1, 0.15) is 6.04 Å². The number of carbonyl (C=O) groups excluding carboxylic acids is 2. The third kappa shape index (κ3) is 6.97. The summed E-state index contributed by atoms with van der Waals surface area (Å²) in [7, 11) is -1.99. The number of para-hydroxylation sites is 1. The van der Waals surface area contributed by atoms with E-state index in [2.05, 4.69) is 5.32 Å². The van der Waals surface area contributed by atoms with Gasteiger partial charge >= 0.3 is 0 Å². The lowest BCUT2D eigenvalue weighted by atomic mass is 10.1. The molecule has 0 fully saturated rings. The Labute approximate surface area is 195 Å². The number of aryl methyl sites for hydroxylation is 1. The number of nitrogens with one attached hydrogen (secondary N) is 1. The van der Waals surface area contributed by atoms with Crippen LogP contribution in [0.1, 0.15) is 30.9 Å². The molecule has 0 spiro atoms. The largest absolute Gasteiger partial charge is 0.357 e. The number of hydrogen-bond donors (Lipinski definition) is 1. The molecule has 0 saturated carbocycles. The van der Waals surface area contributed by atoms with Gasteiger partial charge < -0.3 is 10.2 Å². The van der Waals surface area contributed by atoms with Crippen LogP contribution in [0.5, 0.6) is 0 Å². The van der Waals surface area contributed by atoms with E-state index in [1.807, 2.05) is 31.2 Å². The average Bonchev–Trinajstić information content (AvgIpc) is 2.75. The van der Waals surface area contributed by atoms with Crippen molar-refractivity contribution in [1.82, 2.24) is 10.2 Å². The minimum absolute atomic E-state index is 0.104. The minimum atomic E-state index is -3.51. The Bertz CT molecular complexity index is 1040. The SMILES string of the molecule is CNC(=O)C(C)N(Cc1ccc(Cl)cc1)C(=O)CCCN(c1ccccc1C)S(C)(=O)=O. The zero-order valence-electron chi connectivity index (χ0n) is 18.8. The highest BCUT2D eigenvalue weighted by Crippen LogP contribution is 2.23. The predicted molar refractivity (Wildman–Crippen MR) is 128 cm³/mol. The van der Waals surface area contributed by atoms with Crippen molar-refractivity contribution in [2.45, 2.75) is 39.3 Å². The standard InChI is InChI=1S/C23H30ClN3O4S/c1-17-8-5-6-9-21(17)27(32(4,30)31)15-7-10-22(28)26(18(2)23(29)25-3)16-19-11-13-20(24)14-12-19/h5-6,8-9,11-14,18H,7,10,15-16H2,1-4H3,(H,25,29). The number of sulfonamides is 1. The van der Waals surface area contributed by atoms with Crippen LogP contribution in [0.15, 0.2) is 48.5 Å². The summed E-state index contributed by atoms with van der Waals surface area (Å²) in [6.45, 7) is 3.93. The van der Waals surface area contributed by atoms with Crippen molar-refractivity contribution in [3.05, 3.63) is 64.7 Å². The number of hydrogen-bond acceptors (Lipinski definition) is 4. The summed E-state index contributed by atoms with van der Waals surface area (Å²) in [5.74, 6) is -0.501. The van der Waals surface area contributed by atoms with E-state index in [0.29, 0.717) is 17.1 Å². The van der Waals surface area contributed by atoms with Gasteiger partial charge in [0.15, 0.2) is 0 Å². The zero-order chi connectivity index (χ0) is 23.9. The van der Waals surface area contributed by atoms with Crippen molar-refractivity contribution in [1.29, 1.82) is 0 Å². The maximum Gasteiger partial charge on any atom is 0.242 e. The molecule has 0 heterocycles. The van der Waals surface area contributed by atoms with Gasteiger partial charge in [-0.25, -0.2) is 8.42 Å². The van der Waals surface area contributed by atoms with Gasteiger partial charge in [-0.15, -0.1) is 0 Å². The number of benzene rings is 2. The summed E-state index contributed by atoms with van der Waals surface area (Å²) < 4.78 is 26.1. The fourth-order valence-corrected chi connectivity index (χ4v) is 4.55. The number of rotatable bonds is 10. The monoisotopic (exact) mass is 479 g/mol. The second kappa shape index (κ2) is 11.3. The van der Waals surface area contributed by atoms with Crippen molar-refractivity contribution >= 4 is 39.1 Å². The van der Waals surface area contributed by atoms with E-state index in [-0.39, 0.29) is 31.3 Å². The first-order valence-corrected chi connectivity index (χ1v) is 12.6. The van der Waals surface area contributed by atoms with Crippen molar-refractivity contribution in [3.8, 4) is 0 Å². The van der Waals surface area contributed by atoms with E-state index in [9.17, 15) is 18.0 Å². The maximum absolute atomic E-state index is 13.1. The highest BCUT2D eigenvalue weighted by atomic mass is 35.5. The molecule has 0 bridgehead atoms. The van der Waals surface area contributed by atoms with Crippen LogP contribution in [0.2, 0.25) is 5.02 Å². The molecule has 0 aromatic heterocycles. The Kier molecular flexibility index (Phi) is 9.09. The van der Waals surface area contributed by atoms with Crippen molar-refractivity contribution in [3.63, 3.8) is 0 Å². The molecule has 2 aromatic carbocycles. The van der Waals surface area contributed by atoms with Gasteiger partial charge in [0.05, 0.1) is 11.9 Å². The highest BCUT2D eigenvalue weighted by Gasteiger charge is 2.26. The molecule has 1 unspecified atom stereocenters. The van der Waals surface area contributed by atoms with E-state index in [0.717, 1.165) is 17.4 Å². The molecule has 2 aromatic rings. The number of amides is 2. The Hall–Kier alpha value is -2.58. The van der Waals surface area contributed by atoms with Gasteiger partial charge in [0, 0.05) is 31.6 Å². The Balaban J connectivity index is 2.14. The van der Waals surface area contributed by atoms with E-state index in [4.69, 9.17) is 11.6 Å². The van der Waals surface area contributed by atoms with Crippen LogP contribution >= 0.6 is 11.6 Å². The fourth-order valence-electron chi connectivity index (χ4n) is 3.40. The van der Waals surface area contributed by atoms with E-state index >= 15 is 0 Å². The molecule has 2 rings (SSSR count). The fraction of sp³-hybridized carbons (Fsp3) is 0.391. The van der Waals surface area contributed by atoms with Crippen LogP contribution in [-0.4, -0.2) is 51.0 Å². The summed E-state index contributed by atoms with van der Waals surface area (Å²) in [5, 5.41) is 3.16. The van der Waals surface area contributed by atoms with Crippen LogP contribution in [0, 0.1) is 6.92 Å². The Morgan fingerprint density at radius 2 is 1.72 bits per heavy atom. The molecule has 0 radical (unpaired) electrons. The third-order valence-corrected chi connectivity index (χ3v) is 6.65. The van der Waals surface area contributed by atoms with Gasteiger partial charge in [-0.1, -0.05) is 41.9 Å². The molecule has 7 nitrogen and oxygen atoms in total. The van der Waals surface area contributed by atoms with Crippen LogP contribution in [0.25, 0.3) is 0 Å². The number of anilines is 1. The molecular formula is C23H30ClN3O4S. The molecule has 0 aliphatic rings. The van der Waals surface area contributed by atoms with Crippen LogP contribution in [-0.2, 0) is 26.2 Å². The molecule has 174 valence electrons. The summed E-state index contributed by atoms with van der Waals surface area (Å²) in [6.07, 6.45) is 1.58. The van der Waals surface area contributed by atoms with Crippen molar-refractivity contribution in [2.75, 3.05) is 24.2 Å². The Morgan fingerprint density at radius 3 is 2.28 bits per heavy atom. The Morgan fingerprint density at radius 1 is 1.09 bits per heavy atom.